The predicted molar refractivity (Wildman–Crippen MR) is 57.7 cm³/mol. The van der Waals surface area contributed by atoms with Crippen molar-refractivity contribution >= 4 is 12.0 Å². The second-order valence-corrected chi connectivity index (χ2v) is 4.63. The van der Waals surface area contributed by atoms with Gasteiger partial charge in [0.2, 0.25) is 0 Å². The van der Waals surface area contributed by atoms with Crippen molar-refractivity contribution < 1.29 is 14.7 Å². The monoisotopic (exact) mass is 216 g/mol. The fourth-order valence-corrected chi connectivity index (χ4v) is 0.747. The van der Waals surface area contributed by atoms with E-state index >= 15 is 0 Å². The number of amides is 2. The van der Waals surface area contributed by atoms with Crippen molar-refractivity contribution in [1.82, 2.24) is 10.6 Å². The molecule has 88 valence electrons. The Balaban J connectivity index is 3.79. The smallest absolute Gasteiger partial charge is 0.315 e. The minimum Gasteiger partial charge on any atom is -0.481 e. The fraction of sp³-hybridized carbons (Fsp3) is 0.800. The molecular weight excluding hydrogens is 196 g/mol. The molecule has 0 spiro atoms. The molecule has 0 aromatic carbocycles. The van der Waals surface area contributed by atoms with Crippen LogP contribution in [0.4, 0.5) is 4.79 Å². The molecule has 5 nitrogen and oxygen atoms in total. The van der Waals surface area contributed by atoms with E-state index in [1.807, 2.05) is 27.7 Å². The fourth-order valence-electron chi connectivity index (χ4n) is 0.747. The first-order valence-corrected chi connectivity index (χ1v) is 4.99. The largest absolute Gasteiger partial charge is 0.481 e. The van der Waals surface area contributed by atoms with Gasteiger partial charge in [-0.25, -0.2) is 4.79 Å². The van der Waals surface area contributed by atoms with Crippen LogP contribution < -0.4 is 10.6 Å². The summed E-state index contributed by atoms with van der Waals surface area (Å²) in [4.78, 5) is 21.5. The summed E-state index contributed by atoms with van der Waals surface area (Å²) in [6.07, 6.45) is -0.0582. The zero-order valence-corrected chi connectivity index (χ0v) is 9.76. The average molecular weight is 216 g/mol. The molecule has 0 saturated heterocycles. The summed E-state index contributed by atoms with van der Waals surface area (Å²) in [5.41, 5.74) is -0.00978. The standard InChI is InChI=1S/C10H20N2O3/c1-7(10(2,3)4)12-9(15)11-6-5-8(13)14/h7H,5-6H2,1-4H3,(H,13,14)(H2,11,12,15). The predicted octanol–water partition coefficient (Wildman–Crippen LogP) is 1.19. The number of hydrogen-bond donors (Lipinski definition) is 3. The van der Waals surface area contributed by atoms with Crippen molar-refractivity contribution in [1.29, 1.82) is 0 Å². The molecule has 15 heavy (non-hydrogen) atoms. The Morgan fingerprint density at radius 2 is 1.87 bits per heavy atom. The third-order valence-electron chi connectivity index (χ3n) is 2.27. The lowest BCUT2D eigenvalue weighted by Crippen LogP contribution is -2.46. The number of nitrogens with one attached hydrogen (secondary N) is 2. The lowest BCUT2D eigenvalue weighted by atomic mass is 9.88. The van der Waals surface area contributed by atoms with Gasteiger partial charge in [0.1, 0.15) is 0 Å². The molecule has 0 heterocycles. The molecule has 2 amide bonds. The van der Waals surface area contributed by atoms with E-state index in [0.29, 0.717) is 0 Å². The Kier molecular flexibility index (Phi) is 5.11. The molecular formula is C10H20N2O3. The molecule has 3 N–H and O–H groups in total. The minimum atomic E-state index is -0.917. The van der Waals surface area contributed by atoms with Crippen molar-refractivity contribution in [3.05, 3.63) is 0 Å². The maximum absolute atomic E-state index is 11.3. The number of carbonyl (C=O) groups excluding carboxylic acids is 1. The summed E-state index contributed by atoms with van der Waals surface area (Å²) in [7, 11) is 0. The van der Waals surface area contributed by atoms with Crippen LogP contribution in [-0.2, 0) is 4.79 Å². The third kappa shape index (κ3) is 6.76. The number of aliphatic carboxylic acids is 1. The highest BCUT2D eigenvalue weighted by molar-refractivity contribution is 5.75. The lowest BCUT2D eigenvalue weighted by Gasteiger charge is -2.28. The van der Waals surface area contributed by atoms with Crippen LogP contribution in [0.15, 0.2) is 0 Å². The molecule has 0 fully saturated rings. The molecule has 0 aliphatic heterocycles. The molecule has 1 atom stereocenters. The van der Waals surface area contributed by atoms with E-state index in [0.717, 1.165) is 0 Å². The maximum Gasteiger partial charge on any atom is 0.315 e. The van der Waals surface area contributed by atoms with Gasteiger partial charge in [0.15, 0.2) is 0 Å². The van der Waals surface area contributed by atoms with E-state index < -0.39 is 5.97 Å². The quantitative estimate of drug-likeness (QED) is 0.660. The van der Waals surface area contributed by atoms with Gasteiger partial charge < -0.3 is 15.7 Å². The first-order valence-electron chi connectivity index (χ1n) is 4.99. The molecule has 0 saturated carbocycles. The topological polar surface area (TPSA) is 78.4 Å². The summed E-state index contributed by atoms with van der Waals surface area (Å²) in [5.74, 6) is -0.917. The van der Waals surface area contributed by atoms with Gasteiger partial charge in [-0.05, 0) is 12.3 Å². The summed E-state index contributed by atoms with van der Waals surface area (Å²) in [5, 5.41) is 13.6. The van der Waals surface area contributed by atoms with Crippen LogP contribution >= 0.6 is 0 Å². The van der Waals surface area contributed by atoms with E-state index in [1.54, 1.807) is 0 Å². The van der Waals surface area contributed by atoms with Crippen molar-refractivity contribution in [2.75, 3.05) is 6.54 Å². The van der Waals surface area contributed by atoms with E-state index in [9.17, 15) is 9.59 Å². The van der Waals surface area contributed by atoms with Crippen molar-refractivity contribution in [2.45, 2.75) is 40.2 Å². The Morgan fingerprint density at radius 1 is 1.33 bits per heavy atom. The normalized spacial score (nSPS) is 13.1. The molecule has 0 aliphatic carbocycles. The van der Waals surface area contributed by atoms with Crippen molar-refractivity contribution in [3.8, 4) is 0 Å². The summed E-state index contributed by atoms with van der Waals surface area (Å²) in [6, 6.07) is -0.291. The summed E-state index contributed by atoms with van der Waals surface area (Å²) in [6.45, 7) is 8.13. The second kappa shape index (κ2) is 5.58. The van der Waals surface area contributed by atoms with E-state index in [-0.39, 0.29) is 30.5 Å². The highest BCUT2D eigenvalue weighted by atomic mass is 16.4. The van der Waals surface area contributed by atoms with Crippen LogP contribution in [0.3, 0.4) is 0 Å². The van der Waals surface area contributed by atoms with Crippen molar-refractivity contribution in [3.63, 3.8) is 0 Å². The minimum absolute atomic E-state index is 0.00978. The Labute approximate surface area is 90.2 Å². The highest BCUT2D eigenvalue weighted by Crippen LogP contribution is 2.18. The lowest BCUT2D eigenvalue weighted by molar-refractivity contribution is -0.136. The number of rotatable bonds is 4. The van der Waals surface area contributed by atoms with Crippen LogP contribution in [0, 0.1) is 5.41 Å². The second-order valence-electron chi connectivity index (χ2n) is 4.63. The van der Waals surface area contributed by atoms with Gasteiger partial charge in [0.25, 0.3) is 0 Å². The summed E-state index contributed by atoms with van der Waals surface area (Å²) < 4.78 is 0. The molecule has 0 rings (SSSR count). The Hall–Kier alpha value is -1.26. The molecule has 0 aromatic rings. The van der Waals surface area contributed by atoms with Gasteiger partial charge in [-0.3, -0.25) is 4.79 Å². The van der Waals surface area contributed by atoms with E-state index in [4.69, 9.17) is 5.11 Å². The average Bonchev–Trinajstić information content (AvgIpc) is 2.01. The van der Waals surface area contributed by atoms with Gasteiger partial charge in [-0.1, -0.05) is 20.8 Å². The Morgan fingerprint density at radius 3 is 2.27 bits per heavy atom. The summed E-state index contributed by atoms with van der Waals surface area (Å²) >= 11 is 0. The van der Waals surface area contributed by atoms with Gasteiger partial charge >= 0.3 is 12.0 Å². The number of carboxylic acid groups (broad SMARTS) is 1. The first-order chi connectivity index (χ1) is 6.73. The zero-order valence-electron chi connectivity index (χ0n) is 9.76. The molecule has 0 aromatic heterocycles. The molecule has 5 heteroatoms. The van der Waals surface area contributed by atoms with Gasteiger partial charge in [-0.15, -0.1) is 0 Å². The van der Waals surface area contributed by atoms with Gasteiger partial charge in [-0.2, -0.15) is 0 Å². The maximum atomic E-state index is 11.3. The number of urea groups is 1. The third-order valence-corrected chi connectivity index (χ3v) is 2.27. The number of carbonyl (C=O) groups is 2. The van der Waals surface area contributed by atoms with Crippen LogP contribution in [0.2, 0.25) is 0 Å². The number of carboxylic acids is 1. The van der Waals surface area contributed by atoms with Crippen molar-refractivity contribution in [2.24, 2.45) is 5.41 Å². The molecule has 1 unspecified atom stereocenters. The van der Waals surface area contributed by atoms with Crippen LogP contribution in [0.5, 0.6) is 0 Å². The van der Waals surface area contributed by atoms with E-state index in [1.165, 1.54) is 0 Å². The van der Waals surface area contributed by atoms with Gasteiger partial charge in [0.05, 0.1) is 6.42 Å². The first kappa shape index (κ1) is 13.7. The van der Waals surface area contributed by atoms with E-state index in [2.05, 4.69) is 10.6 Å². The number of hydrogen-bond acceptors (Lipinski definition) is 2. The Bertz CT molecular complexity index is 233. The zero-order chi connectivity index (χ0) is 12.1. The van der Waals surface area contributed by atoms with Gasteiger partial charge in [0, 0.05) is 12.6 Å². The molecule has 0 aliphatic rings. The SMILES string of the molecule is CC(NC(=O)NCCC(=O)O)C(C)(C)C. The molecule has 0 bridgehead atoms. The van der Waals surface area contributed by atoms with Crippen LogP contribution in [0.25, 0.3) is 0 Å². The highest BCUT2D eigenvalue weighted by Gasteiger charge is 2.21. The van der Waals surface area contributed by atoms with Crippen LogP contribution in [0.1, 0.15) is 34.1 Å². The van der Waals surface area contributed by atoms with Crippen LogP contribution in [-0.4, -0.2) is 29.7 Å². The molecule has 0 radical (unpaired) electrons.